The minimum absolute atomic E-state index is 0.105. The molecular weight excluding hydrogens is 166 g/mol. The van der Waals surface area contributed by atoms with Crippen LogP contribution in [0.5, 0.6) is 0 Å². The zero-order chi connectivity index (χ0) is 9.84. The number of nitriles is 1. The van der Waals surface area contributed by atoms with Crippen LogP contribution in [0.4, 0.5) is 0 Å². The molecule has 1 fully saturated rings. The van der Waals surface area contributed by atoms with Gasteiger partial charge in [-0.25, -0.2) is 0 Å². The van der Waals surface area contributed by atoms with Gasteiger partial charge in [-0.2, -0.15) is 5.26 Å². The fourth-order valence-corrected chi connectivity index (χ4v) is 1.47. The summed E-state index contributed by atoms with van der Waals surface area (Å²) in [6, 6.07) is 1.79. The van der Waals surface area contributed by atoms with Crippen LogP contribution in [-0.4, -0.2) is 36.5 Å². The van der Waals surface area contributed by atoms with Gasteiger partial charge in [-0.1, -0.05) is 6.92 Å². The number of amides is 1. The average Bonchev–Trinajstić information content (AvgIpc) is 2.45. The third-order valence-electron chi connectivity index (χ3n) is 2.39. The van der Waals surface area contributed by atoms with E-state index >= 15 is 0 Å². The van der Waals surface area contributed by atoms with E-state index in [1.165, 1.54) is 0 Å². The van der Waals surface area contributed by atoms with E-state index in [0.717, 1.165) is 19.4 Å². The van der Waals surface area contributed by atoms with Crippen LogP contribution in [0.1, 0.15) is 19.8 Å². The fraction of sp³-hybridized carbons (Fsp3) is 0.778. The Labute approximate surface area is 78.5 Å². The van der Waals surface area contributed by atoms with E-state index in [0.29, 0.717) is 0 Å². The molecule has 4 heteroatoms. The molecule has 1 saturated heterocycles. The highest BCUT2D eigenvalue weighted by atomic mass is 16.2. The summed E-state index contributed by atoms with van der Waals surface area (Å²) in [5, 5.41) is 11.7. The number of carbonyl (C=O) groups excluding carboxylic acids is 1. The molecule has 0 radical (unpaired) electrons. The zero-order valence-electron chi connectivity index (χ0n) is 8.08. The van der Waals surface area contributed by atoms with E-state index in [-0.39, 0.29) is 18.0 Å². The molecule has 1 rings (SSSR count). The molecule has 4 nitrogen and oxygen atoms in total. The molecule has 1 heterocycles. The van der Waals surface area contributed by atoms with E-state index in [2.05, 4.69) is 11.4 Å². The van der Waals surface area contributed by atoms with Crippen LogP contribution in [0, 0.1) is 11.3 Å². The van der Waals surface area contributed by atoms with Crippen molar-refractivity contribution in [2.75, 3.05) is 13.6 Å². The van der Waals surface area contributed by atoms with Crippen LogP contribution in [0.3, 0.4) is 0 Å². The van der Waals surface area contributed by atoms with Gasteiger partial charge >= 0.3 is 0 Å². The van der Waals surface area contributed by atoms with Crippen LogP contribution >= 0.6 is 0 Å². The molecule has 1 N–H and O–H groups in total. The van der Waals surface area contributed by atoms with Crippen LogP contribution < -0.4 is 5.32 Å². The second kappa shape index (κ2) is 4.24. The first-order chi connectivity index (χ1) is 6.19. The highest BCUT2D eigenvalue weighted by molar-refractivity contribution is 5.83. The second-order valence-electron chi connectivity index (χ2n) is 3.36. The Morgan fingerprint density at radius 2 is 2.54 bits per heavy atom. The highest BCUT2D eigenvalue weighted by Gasteiger charge is 2.29. The first kappa shape index (κ1) is 10.0. The molecule has 0 spiro atoms. The molecular formula is C9H15N3O. The number of likely N-dealkylation sites (tertiary alicyclic amines) is 1. The summed E-state index contributed by atoms with van der Waals surface area (Å²) in [5.41, 5.74) is 0. The standard InChI is InChI=1S/C9H15N3O/c1-3-7(6-10)11-8-4-5-12(2)9(8)13/h7-8,11H,3-5H2,1-2H3. The maximum atomic E-state index is 11.4. The molecule has 13 heavy (non-hydrogen) atoms. The Balaban J connectivity index is 2.47. The van der Waals surface area contributed by atoms with Crippen molar-refractivity contribution in [1.29, 1.82) is 5.26 Å². The number of hydrogen-bond donors (Lipinski definition) is 1. The van der Waals surface area contributed by atoms with Gasteiger partial charge in [-0.15, -0.1) is 0 Å². The average molecular weight is 181 g/mol. The number of nitrogens with zero attached hydrogens (tertiary/aromatic N) is 2. The summed E-state index contributed by atoms with van der Waals surface area (Å²) in [4.78, 5) is 13.1. The molecule has 1 aliphatic heterocycles. The van der Waals surface area contributed by atoms with Gasteiger partial charge in [0.1, 0.15) is 0 Å². The summed E-state index contributed by atoms with van der Waals surface area (Å²) in [6.45, 7) is 2.72. The van der Waals surface area contributed by atoms with Crippen molar-refractivity contribution in [3.63, 3.8) is 0 Å². The van der Waals surface area contributed by atoms with E-state index in [4.69, 9.17) is 5.26 Å². The van der Waals surface area contributed by atoms with Crippen molar-refractivity contribution < 1.29 is 4.79 Å². The fourth-order valence-electron chi connectivity index (χ4n) is 1.47. The Hall–Kier alpha value is -1.08. The maximum Gasteiger partial charge on any atom is 0.239 e. The van der Waals surface area contributed by atoms with Gasteiger partial charge in [-0.05, 0) is 12.8 Å². The normalized spacial score (nSPS) is 24.5. The van der Waals surface area contributed by atoms with Gasteiger partial charge < -0.3 is 4.90 Å². The second-order valence-corrected chi connectivity index (χ2v) is 3.36. The Morgan fingerprint density at radius 3 is 2.92 bits per heavy atom. The van der Waals surface area contributed by atoms with Gasteiger partial charge in [0, 0.05) is 13.6 Å². The van der Waals surface area contributed by atoms with E-state index in [1.54, 1.807) is 11.9 Å². The summed E-state index contributed by atoms with van der Waals surface area (Å²) >= 11 is 0. The lowest BCUT2D eigenvalue weighted by Gasteiger charge is -2.14. The van der Waals surface area contributed by atoms with Crippen LogP contribution in [0.25, 0.3) is 0 Å². The molecule has 1 amide bonds. The minimum Gasteiger partial charge on any atom is -0.344 e. The monoisotopic (exact) mass is 181 g/mol. The van der Waals surface area contributed by atoms with Gasteiger partial charge in [0.15, 0.2) is 0 Å². The van der Waals surface area contributed by atoms with Gasteiger partial charge in [-0.3, -0.25) is 10.1 Å². The number of hydrogen-bond acceptors (Lipinski definition) is 3. The van der Waals surface area contributed by atoms with Crippen molar-refractivity contribution in [2.24, 2.45) is 0 Å². The van der Waals surface area contributed by atoms with E-state index in [9.17, 15) is 4.79 Å². The number of nitrogens with one attached hydrogen (secondary N) is 1. The molecule has 2 atom stereocenters. The quantitative estimate of drug-likeness (QED) is 0.672. The topological polar surface area (TPSA) is 56.1 Å². The molecule has 0 aromatic rings. The first-order valence-electron chi connectivity index (χ1n) is 4.59. The van der Waals surface area contributed by atoms with Crippen molar-refractivity contribution in [2.45, 2.75) is 31.8 Å². The third kappa shape index (κ3) is 2.19. The largest absolute Gasteiger partial charge is 0.344 e. The molecule has 0 aromatic carbocycles. The van der Waals surface area contributed by atoms with Gasteiger partial charge in [0.25, 0.3) is 0 Å². The van der Waals surface area contributed by atoms with Crippen LogP contribution in [-0.2, 0) is 4.79 Å². The SMILES string of the molecule is CCC(C#N)NC1CCN(C)C1=O. The zero-order valence-corrected chi connectivity index (χ0v) is 8.08. The van der Waals surface area contributed by atoms with Crippen molar-refractivity contribution in [1.82, 2.24) is 10.2 Å². The van der Waals surface area contributed by atoms with Crippen molar-refractivity contribution >= 4 is 5.91 Å². The molecule has 2 unspecified atom stereocenters. The lowest BCUT2D eigenvalue weighted by molar-refractivity contribution is -0.128. The molecule has 1 aliphatic rings. The summed E-state index contributed by atoms with van der Waals surface area (Å²) in [6.07, 6.45) is 1.55. The number of likely N-dealkylation sites (N-methyl/N-ethyl adjacent to an activating group) is 1. The van der Waals surface area contributed by atoms with E-state index in [1.807, 2.05) is 6.92 Å². The number of carbonyl (C=O) groups is 1. The summed E-state index contributed by atoms with van der Waals surface area (Å²) in [5.74, 6) is 0.105. The van der Waals surface area contributed by atoms with E-state index < -0.39 is 0 Å². The van der Waals surface area contributed by atoms with Gasteiger partial charge in [0.05, 0.1) is 18.2 Å². The Bertz CT molecular complexity index is 234. The Morgan fingerprint density at radius 1 is 1.85 bits per heavy atom. The van der Waals surface area contributed by atoms with Crippen LogP contribution in [0.2, 0.25) is 0 Å². The van der Waals surface area contributed by atoms with Gasteiger partial charge in [0.2, 0.25) is 5.91 Å². The first-order valence-corrected chi connectivity index (χ1v) is 4.59. The predicted octanol–water partition coefficient (Wildman–Crippen LogP) is 0.109. The third-order valence-corrected chi connectivity index (χ3v) is 2.39. The summed E-state index contributed by atoms with van der Waals surface area (Å²) in [7, 11) is 1.79. The molecule has 0 aliphatic carbocycles. The van der Waals surface area contributed by atoms with Crippen molar-refractivity contribution in [3.8, 4) is 6.07 Å². The smallest absolute Gasteiger partial charge is 0.239 e. The molecule has 0 bridgehead atoms. The lowest BCUT2D eigenvalue weighted by Crippen LogP contribution is -2.42. The summed E-state index contributed by atoms with van der Waals surface area (Å²) < 4.78 is 0. The predicted molar refractivity (Wildman–Crippen MR) is 48.9 cm³/mol. The minimum atomic E-state index is -0.194. The Kier molecular flexibility index (Phi) is 3.26. The lowest BCUT2D eigenvalue weighted by atomic mass is 10.2. The molecule has 0 aromatic heterocycles. The highest BCUT2D eigenvalue weighted by Crippen LogP contribution is 2.09. The van der Waals surface area contributed by atoms with Crippen molar-refractivity contribution in [3.05, 3.63) is 0 Å². The van der Waals surface area contributed by atoms with Crippen LogP contribution in [0.15, 0.2) is 0 Å². The molecule has 72 valence electrons. The number of rotatable bonds is 3. The molecule has 0 saturated carbocycles. The maximum absolute atomic E-state index is 11.4.